The number of halogens is 7. The van der Waals surface area contributed by atoms with E-state index in [0.29, 0.717) is 166 Å². The van der Waals surface area contributed by atoms with Crippen LogP contribution in [0.3, 0.4) is 0 Å². The zero-order valence-corrected chi connectivity index (χ0v) is 75.9. The Labute approximate surface area is 793 Å². The minimum atomic E-state index is -0.506. The fourth-order valence-electron chi connectivity index (χ4n) is 16.1. The van der Waals surface area contributed by atoms with Crippen molar-refractivity contribution >= 4 is 29.5 Å². The summed E-state index contributed by atoms with van der Waals surface area (Å²) >= 11 is 0. The van der Waals surface area contributed by atoms with Crippen molar-refractivity contribution in [3.63, 3.8) is 0 Å². The summed E-state index contributed by atoms with van der Waals surface area (Å²) in [5.41, 5.74) is 15.6. The summed E-state index contributed by atoms with van der Waals surface area (Å²) in [6.45, 7) is 18.8. The fourth-order valence-corrected chi connectivity index (χ4v) is 16.1. The Bertz CT molecular complexity index is 6700. The summed E-state index contributed by atoms with van der Waals surface area (Å²) in [5, 5.41) is 22.5. The summed E-state index contributed by atoms with van der Waals surface area (Å²) in [6.07, 6.45) is 0. The van der Waals surface area contributed by atoms with E-state index in [1.54, 1.807) is 96.4 Å². The normalized spacial score (nSPS) is 13.2. The molecule has 25 nitrogen and oxygen atoms in total. The molecule has 5 aromatic heterocycles. The lowest BCUT2D eigenvalue weighted by Gasteiger charge is -2.27. The van der Waals surface area contributed by atoms with Crippen LogP contribution in [0.2, 0.25) is 0 Å². The highest BCUT2D eigenvalue weighted by molar-refractivity contribution is 5.97. The molecular weight excluding hydrogens is 1780 g/mol. The quantitative estimate of drug-likeness (QED) is 0.0645. The molecule has 0 fully saturated rings. The Kier molecular flexibility index (Phi) is 31.2. The molecule has 0 atom stereocenters. The number of carbonyl (C=O) groups is 5. The van der Waals surface area contributed by atoms with Gasteiger partial charge in [0.1, 0.15) is 131 Å². The average molecular weight is 1880 g/mol. The third-order valence-electron chi connectivity index (χ3n) is 23.2. The Morgan fingerprint density at radius 1 is 0.254 bits per heavy atom. The van der Waals surface area contributed by atoms with Crippen LogP contribution in [-0.4, -0.2) is 136 Å². The van der Waals surface area contributed by atoms with Crippen molar-refractivity contribution in [3.8, 4) is 28.7 Å². The highest BCUT2D eigenvalue weighted by Crippen LogP contribution is 2.29. The fraction of sp³-hybridized carbons (Fsp3) is 0.245. The van der Waals surface area contributed by atoms with Crippen LogP contribution < -0.4 is 23.7 Å². The summed E-state index contributed by atoms with van der Waals surface area (Å²) in [6, 6.07) is 71.4. The van der Waals surface area contributed by atoms with Crippen LogP contribution in [-0.2, 0) is 98.5 Å². The number of benzene rings is 10. The van der Waals surface area contributed by atoms with Gasteiger partial charge in [0.05, 0.1) is 99.5 Å². The number of ether oxygens (including phenoxy) is 5. The highest BCUT2D eigenvalue weighted by Gasteiger charge is 2.31. The molecule has 5 aliphatic heterocycles. The zero-order chi connectivity index (χ0) is 95.8. The molecule has 32 heteroatoms. The van der Waals surface area contributed by atoms with Crippen LogP contribution in [0.15, 0.2) is 261 Å². The van der Waals surface area contributed by atoms with Crippen LogP contribution in [0.5, 0.6) is 28.7 Å². The first kappa shape index (κ1) is 96.7. The number of hydrogen-bond donors (Lipinski definition) is 0. The molecule has 10 aromatic carbocycles. The predicted molar refractivity (Wildman–Crippen MR) is 501 cm³/mol. The molecule has 138 heavy (non-hydrogen) atoms. The molecular formula is C106H102F7N15O10. The van der Waals surface area contributed by atoms with Crippen molar-refractivity contribution in [1.82, 2.24) is 73.4 Å². The predicted octanol–water partition coefficient (Wildman–Crippen LogP) is 18.7. The maximum absolute atomic E-state index is 14.1. The van der Waals surface area contributed by atoms with Crippen LogP contribution in [0.1, 0.15) is 144 Å². The summed E-state index contributed by atoms with van der Waals surface area (Å²) in [4.78, 5) is 72.4. The Hall–Kier alpha value is -15.9. The molecule has 0 bridgehead atoms. The van der Waals surface area contributed by atoms with E-state index in [2.05, 4.69) is 25.5 Å². The SMILES string of the molecule is C.Cc1cc(C(=O)N2CCn3nc(COc4cccc(F)c4)cc3C2)ccc1F.Cc1ccc(C(=O)N2CCn3nc(COc4cccc(F)c4)cc3C2)c(F)c1.Cc1ccc(C(=O)N2CCn3nc(COc4cccc(F)c4)cc3C2)cc1.Cc1ccc(C(=O)N2CCn3nc(COc4cccc(F)c4)cc3C2)cc1.Cc1cccc(C(=O)N2CCn3nc(COc4cccc(F)c4)cc3C2)c1. The monoisotopic (exact) mass is 1880 g/mol. The van der Waals surface area contributed by atoms with E-state index in [-0.39, 0.29) is 110 Å². The number of fused-ring (bicyclic) bond motifs is 5. The zero-order valence-electron chi connectivity index (χ0n) is 75.9. The number of carbonyl (C=O) groups excluding carboxylic acids is 5. The van der Waals surface area contributed by atoms with E-state index in [4.69, 9.17) is 23.7 Å². The average Bonchev–Trinajstić information content (AvgIpc) is 1.19. The van der Waals surface area contributed by atoms with Crippen LogP contribution in [0.25, 0.3) is 0 Å². The molecule has 710 valence electrons. The third kappa shape index (κ3) is 25.2. The maximum Gasteiger partial charge on any atom is 0.257 e. The van der Waals surface area contributed by atoms with Gasteiger partial charge >= 0.3 is 0 Å². The van der Waals surface area contributed by atoms with Gasteiger partial charge in [0.25, 0.3) is 29.5 Å². The summed E-state index contributed by atoms with van der Waals surface area (Å²) in [7, 11) is 0. The first-order chi connectivity index (χ1) is 66.2. The van der Waals surface area contributed by atoms with Crippen molar-refractivity contribution < 1.29 is 78.4 Å². The van der Waals surface area contributed by atoms with Gasteiger partial charge in [-0.3, -0.25) is 47.4 Å². The molecule has 10 heterocycles. The maximum atomic E-state index is 14.1. The van der Waals surface area contributed by atoms with E-state index in [9.17, 15) is 54.7 Å². The second kappa shape index (κ2) is 44.5. The summed E-state index contributed by atoms with van der Waals surface area (Å²) < 4.78 is 131. The smallest absolute Gasteiger partial charge is 0.257 e. The van der Waals surface area contributed by atoms with Crippen molar-refractivity contribution in [1.29, 1.82) is 0 Å². The van der Waals surface area contributed by atoms with E-state index in [0.717, 1.165) is 67.8 Å². The molecule has 0 N–H and O–H groups in total. The van der Waals surface area contributed by atoms with Crippen LogP contribution >= 0.6 is 0 Å². The first-order valence-electron chi connectivity index (χ1n) is 44.6. The van der Waals surface area contributed by atoms with Gasteiger partial charge in [0.15, 0.2) is 0 Å². The second-order valence-corrected chi connectivity index (χ2v) is 33.7. The molecule has 0 radical (unpaired) electrons. The molecule has 5 amide bonds. The largest absolute Gasteiger partial charge is 0.487 e. The van der Waals surface area contributed by atoms with Gasteiger partial charge in [-0.2, -0.15) is 25.5 Å². The number of aryl methyl sites for hydroxylation is 5. The lowest BCUT2D eigenvalue weighted by molar-refractivity contribution is 0.0695. The third-order valence-corrected chi connectivity index (χ3v) is 23.2. The van der Waals surface area contributed by atoms with Gasteiger partial charge in [-0.15, -0.1) is 0 Å². The van der Waals surface area contributed by atoms with Crippen molar-refractivity contribution in [2.45, 2.75) is 141 Å². The second-order valence-electron chi connectivity index (χ2n) is 33.7. The standard InChI is InChI=1S/2C21H19F2N3O2.3C21H20FN3O2.CH4/c1-14-9-15(5-6-20(14)23)21(27)25-7-8-26-18(12-25)11-17(24-26)13-28-19-4-2-3-16(22)10-19;1-14-5-6-19(20(23)9-14)21(27)25-7-8-26-17(12-25)11-16(24-26)13-28-18-4-2-3-15(22)10-18;1-15-4-2-5-16(10-15)21(26)24-8-9-25-19(13-24)12-18(23-25)14-27-20-7-3-6-17(22)11-20;2*1-15-5-7-16(8-6-15)21(26)24-9-10-25-19(13-24)12-18(23-25)14-27-20-4-2-3-17(22)11-20;/h2*2-6,9-11H,7-8,12-13H2,1H3;2-7,10-12H,8-9,13-14H2,1H3;2*2-8,11-12H,9-10,13-14H2,1H3;1H4. The lowest BCUT2D eigenvalue weighted by atomic mass is 10.1. The van der Waals surface area contributed by atoms with Crippen LogP contribution in [0.4, 0.5) is 30.7 Å². The van der Waals surface area contributed by atoms with Crippen molar-refractivity contribution in [2.24, 2.45) is 0 Å². The molecule has 15 aromatic rings. The Morgan fingerprint density at radius 2 is 0.514 bits per heavy atom. The van der Waals surface area contributed by atoms with Gasteiger partial charge in [0.2, 0.25) is 0 Å². The summed E-state index contributed by atoms with van der Waals surface area (Å²) in [5.74, 6) is -0.640. The van der Waals surface area contributed by atoms with E-state index in [1.807, 2.05) is 162 Å². The minimum Gasteiger partial charge on any atom is -0.487 e. The minimum absolute atomic E-state index is 0. The molecule has 5 aliphatic rings. The van der Waals surface area contributed by atoms with Gasteiger partial charge in [-0.1, -0.05) is 96.9 Å². The number of nitrogens with zero attached hydrogens (tertiary/aromatic N) is 15. The van der Waals surface area contributed by atoms with Crippen molar-refractivity contribution in [2.75, 3.05) is 32.7 Å². The van der Waals surface area contributed by atoms with E-state index >= 15 is 0 Å². The lowest BCUT2D eigenvalue weighted by Crippen LogP contribution is -2.38. The molecule has 0 saturated carbocycles. The van der Waals surface area contributed by atoms with Crippen LogP contribution in [0, 0.1) is 75.3 Å². The van der Waals surface area contributed by atoms with Crippen molar-refractivity contribution in [3.05, 3.63) is 414 Å². The van der Waals surface area contributed by atoms with E-state index < -0.39 is 5.82 Å². The van der Waals surface area contributed by atoms with Gasteiger partial charge in [-0.05, 0) is 203 Å². The first-order valence-corrected chi connectivity index (χ1v) is 44.6. The van der Waals surface area contributed by atoms with Gasteiger partial charge < -0.3 is 48.2 Å². The van der Waals surface area contributed by atoms with Gasteiger partial charge in [0, 0.05) is 85.3 Å². The molecule has 0 unspecified atom stereocenters. The number of amides is 5. The number of rotatable bonds is 20. The topological polar surface area (TPSA) is 237 Å². The van der Waals surface area contributed by atoms with E-state index in [1.165, 1.54) is 84.9 Å². The number of hydrogen-bond acceptors (Lipinski definition) is 15. The van der Waals surface area contributed by atoms with Gasteiger partial charge in [-0.25, -0.2) is 30.7 Å². The number of aromatic nitrogens is 10. The Morgan fingerprint density at radius 3 is 0.797 bits per heavy atom. The molecule has 0 aliphatic carbocycles. The highest BCUT2D eigenvalue weighted by atomic mass is 19.2. The molecule has 20 rings (SSSR count). The molecule has 0 spiro atoms. The molecule has 0 saturated heterocycles. The Balaban J connectivity index is 0.000000131.